The second-order valence-electron chi connectivity index (χ2n) is 3.60. The van der Waals surface area contributed by atoms with Gasteiger partial charge in [0.25, 0.3) is 0 Å². The van der Waals surface area contributed by atoms with Crippen molar-refractivity contribution in [3.8, 4) is 17.3 Å². The molecule has 0 aliphatic rings. The normalized spacial score (nSPS) is 10.1. The van der Waals surface area contributed by atoms with Crippen LogP contribution >= 0.6 is 23.2 Å². The number of halogens is 3. The van der Waals surface area contributed by atoms with Gasteiger partial charge in [-0.3, -0.25) is 0 Å². The van der Waals surface area contributed by atoms with Gasteiger partial charge in [0, 0.05) is 5.56 Å². The summed E-state index contributed by atoms with van der Waals surface area (Å²) >= 11 is 11.7. The standard InChI is InChI=1S/C13H7Cl2FN2/c14-10-3-1-8(7-11(10)15)13-12(16)4-2-9(18-13)5-6-17/h1-4,7H,5H2. The Morgan fingerprint density at radius 1 is 1.17 bits per heavy atom. The van der Waals surface area contributed by atoms with Crippen molar-refractivity contribution in [3.05, 3.63) is 51.9 Å². The Bertz CT molecular complexity index is 635. The Kier molecular flexibility index (Phi) is 3.81. The fraction of sp³-hybridized carbons (Fsp3) is 0.0769. The third-order valence-corrected chi connectivity index (χ3v) is 3.10. The zero-order valence-electron chi connectivity index (χ0n) is 9.12. The first-order valence-corrected chi connectivity index (χ1v) is 5.85. The summed E-state index contributed by atoms with van der Waals surface area (Å²) in [4.78, 5) is 4.10. The average Bonchev–Trinajstić information content (AvgIpc) is 2.35. The van der Waals surface area contributed by atoms with Gasteiger partial charge in [0.15, 0.2) is 0 Å². The largest absolute Gasteiger partial charge is 0.249 e. The highest BCUT2D eigenvalue weighted by atomic mass is 35.5. The third kappa shape index (κ3) is 2.61. The molecule has 0 bridgehead atoms. The van der Waals surface area contributed by atoms with E-state index < -0.39 is 5.82 Å². The summed E-state index contributed by atoms with van der Waals surface area (Å²) in [5.74, 6) is -0.463. The van der Waals surface area contributed by atoms with E-state index in [1.807, 2.05) is 6.07 Å². The van der Waals surface area contributed by atoms with E-state index >= 15 is 0 Å². The van der Waals surface area contributed by atoms with Gasteiger partial charge >= 0.3 is 0 Å². The highest BCUT2D eigenvalue weighted by molar-refractivity contribution is 6.42. The maximum atomic E-state index is 13.7. The minimum Gasteiger partial charge on any atom is -0.249 e. The molecule has 2 nitrogen and oxygen atoms in total. The molecule has 18 heavy (non-hydrogen) atoms. The molecule has 1 aromatic heterocycles. The lowest BCUT2D eigenvalue weighted by molar-refractivity contribution is 0.624. The van der Waals surface area contributed by atoms with Gasteiger partial charge in [-0.2, -0.15) is 5.26 Å². The van der Waals surface area contributed by atoms with Crippen molar-refractivity contribution >= 4 is 23.2 Å². The van der Waals surface area contributed by atoms with Gasteiger partial charge in [0.2, 0.25) is 0 Å². The van der Waals surface area contributed by atoms with Crippen LogP contribution in [-0.4, -0.2) is 4.98 Å². The molecule has 0 spiro atoms. The Morgan fingerprint density at radius 3 is 2.61 bits per heavy atom. The molecule has 0 aliphatic carbocycles. The number of hydrogen-bond donors (Lipinski definition) is 0. The van der Waals surface area contributed by atoms with Crippen LogP contribution in [0.1, 0.15) is 5.69 Å². The fourth-order valence-corrected chi connectivity index (χ4v) is 1.81. The zero-order valence-corrected chi connectivity index (χ0v) is 10.6. The topological polar surface area (TPSA) is 36.7 Å². The van der Waals surface area contributed by atoms with Crippen molar-refractivity contribution in [3.63, 3.8) is 0 Å². The van der Waals surface area contributed by atoms with Gasteiger partial charge in [-0.15, -0.1) is 0 Å². The summed E-state index contributed by atoms with van der Waals surface area (Å²) in [7, 11) is 0. The molecule has 0 radical (unpaired) electrons. The van der Waals surface area contributed by atoms with Crippen LogP contribution in [0.2, 0.25) is 10.0 Å². The van der Waals surface area contributed by atoms with Gasteiger partial charge in [-0.05, 0) is 24.3 Å². The lowest BCUT2D eigenvalue weighted by atomic mass is 10.1. The fourth-order valence-electron chi connectivity index (χ4n) is 1.51. The summed E-state index contributed by atoms with van der Waals surface area (Å²) in [5.41, 5.74) is 1.21. The Hall–Kier alpha value is -1.63. The molecule has 0 aliphatic heterocycles. The molecule has 0 fully saturated rings. The lowest BCUT2D eigenvalue weighted by Gasteiger charge is -2.05. The van der Waals surface area contributed by atoms with E-state index in [1.165, 1.54) is 12.1 Å². The highest BCUT2D eigenvalue weighted by Gasteiger charge is 2.10. The first kappa shape index (κ1) is 12.8. The van der Waals surface area contributed by atoms with E-state index in [0.717, 1.165) is 0 Å². The molecule has 1 aromatic carbocycles. The van der Waals surface area contributed by atoms with Crippen molar-refractivity contribution in [2.75, 3.05) is 0 Å². The molecule has 0 unspecified atom stereocenters. The van der Waals surface area contributed by atoms with Crippen molar-refractivity contribution in [2.24, 2.45) is 0 Å². The average molecular weight is 281 g/mol. The number of hydrogen-bond acceptors (Lipinski definition) is 2. The van der Waals surface area contributed by atoms with Crippen LogP contribution in [0.15, 0.2) is 30.3 Å². The number of nitriles is 1. The maximum absolute atomic E-state index is 13.7. The predicted molar refractivity (Wildman–Crippen MR) is 69.0 cm³/mol. The molecular formula is C13H7Cl2FN2. The summed E-state index contributed by atoms with van der Waals surface area (Å²) in [6, 6.07) is 9.51. The number of nitrogens with zero attached hydrogens (tertiary/aromatic N) is 2. The number of pyridine rings is 1. The molecule has 0 amide bonds. The molecule has 2 aromatic rings. The van der Waals surface area contributed by atoms with Crippen molar-refractivity contribution in [1.82, 2.24) is 4.98 Å². The SMILES string of the molecule is N#CCc1ccc(F)c(-c2ccc(Cl)c(Cl)c2)n1. The predicted octanol–water partition coefficient (Wildman–Crippen LogP) is 4.26. The number of aromatic nitrogens is 1. The van der Waals surface area contributed by atoms with Crippen molar-refractivity contribution in [1.29, 1.82) is 5.26 Å². The molecular weight excluding hydrogens is 274 g/mol. The lowest BCUT2D eigenvalue weighted by Crippen LogP contribution is -1.95. The molecule has 0 saturated carbocycles. The maximum Gasteiger partial charge on any atom is 0.149 e. The summed E-state index contributed by atoms with van der Waals surface area (Å²) < 4.78 is 13.7. The smallest absolute Gasteiger partial charge is 0.149 e. The van der Waals surface area contributed by atoms with Gasteiger partial charge in [0.05, 0.1) is 28.2 Å². The van der Waals surface area contributed by atoms with E-state index in [9.17, 15) is 4.39 Å². The molecule has 5 heteroatoms. The van der Waals surface area contributed by atoms with Gasteiger partial charge in [-0.25, -0.2) is 9.37 Å². The first-order chi connectivity index (χ1) is 8.61. The van der Waals surface area contributed by atoms with E-state index in [1.54, 1.807) is 18.2 Å². The second-order valence-corrected chi connectivity index (χ2v) is 4.41. The molecule has 0 atom stereocenters. The molecule has 2 rings (SSSR count). The Morgan fingerprint density at radius 2 is 1.94 bits per heavy atom. The zero-order chi connectivity index (χ0) is 13.1. The summed E-state index contributed by atoms with van der Waals surface area (Å²) in [5, 5.41) is 9.34. The highest BCUT2D eigenvalue weighted by Crippen LogP contribution is 2.29. The van der Waals surface area contributed by atoms with Crippen LogP contribution in [0.25, 0.3) is 11.3 Å². The third-order valence-electron chi connectivity index (χ3n) is 2.36. The Labute approximate surface area is 114 Å². The summed E-state index contributed by atoms with van der Waals surface area (Å²) in [6.07, 6.45) is 0.134. The quantitative estimate of drug-likeness (QED) is 0.824. The van der Waals surface area contributed by atoms with Gasteiger partial charge in [0.1, 0.15) is 11.5 Å². The Balaban J connectivity index is 2.52. The van der Waals surface area contributed by atoms with Crippen LogP contribution in [0.4, 0.5) is 4.39 Å². The van der Waals surface area contributed by atoms with Crippen LogP contribution in [0.3, 0.4) is 0 Å². The minimum absolute atomic E-state index is 0.134. The molecule has 0 N–H and O–H groups in total. The van der Waals surface area contributed by atoms with Gasteiger partial charge < -0.3 is 0 Å². The van der Waals surface area contributed by atoms with Crippen LogP contribution in [-0.2, 0) is 6.42 Å². The van der Waals surface area contributed by atoms with Crippen molar-refractivity contribution in [2.45, 2.75) is 6.42 Å². The van der Waals surface area contributed by atoms with Crippen LogP contribution in [0, 0.1) is 17.1 Å². The van der Waals surface area contributed by atoms with Gasteiger partial charge in [-0.1, -0.05) is 29.3 Å². The van der Waals surface area contributed by atoms with E-state index in [-0.39, 0.29) is 12.1 Å². The van der Waals surface area contributed by atoms with E-state index in [0.29, 0.717) is 21.3 Å². The van der Waals surface area contributed by atoms with E-state index in [2.05, 4.69) is 4.98 Å². The number of benzene rings is 1. The molecule has 90 valence electrons. The van der Waals surface area contributed by atoms with Crippen LogP contribution < -0.4 is 0 Å². The van der Waals surface area contributed by atoms with Crippen LogP contribution in [0.5, 0.6) is 0 Å². The van der Waals surface area contributed by atoms with Crippen molar-refractivity contribution < 1.29 is 4.39 Å². The monoisotopic (exact) mass is 280 g/mol. The van der Waals surface area contributed by atoms with E-state index in [4.69, 9.17) is 28.5 Å². The first-order valence-electron chi connectivity index (χ1n) is 5.09. The molecule has 1 heterocycles. The summed E-state index contributed by atoms with van der Waals surface area (Å²) in [6.45, 7) is 0. The molecule has 0 saturated heterocycles. The number of rotatable bonds is 2. The minimum atomic E-state index is -0.463. The second kappa shape index (κ2) is 5.34.